The van der Waals surface area contributed by atoms with Gasteiger partial charge in [0.05, 0.1) is 6.61 Å². The first kappa shape index (κ1) is 10.9. The molecular weight excluding hydrogens is 124 g/mol. The van der Waals surface area contributed by atoms with E-state index in [1.165, 1.54) is 6.08 Å². The molecule has 0 amide bonds. The molecule has 0 fully saturated rings. The Kier molecular flexibility index (Phi) is 19.1. The number of hydrogen-bond acceptors (Lipinski definition) is 4. The summed E-state index contributed by atoms with van der Waals surface area (Å²) in [5, 5.41) is 7.50. The fourth-order valence-corrected chi connectivity index (χ4v) is 0.0527. The van der Waals surface area contributed by atoms with Crippen LogP contribution >= 0.6 is 0 Å². The fourth-order valence-electron chi connectivity index (χ4n) is 0.0527. The maximum atomic E-state index is 8.81. The molecule has 1 N–H and O–H groups in total. The molecule has 0 heterocycles. The molecule has 0 saturated carbocycles. The molecule has 0 unspecified atom stereocenters. The Bertz CT molecular complexity index is 73.0. The van der Waals surface area contributed by atoms with Crippen molar-refractivity contribution in [2.24, 2.45) is 0 Å². The van der Waals surface area contributed by atoms with E-state index in [0.29, 0.717) is 0 Å². The largest absolute Gasteiger partial charge is 0.295 e. The lowest BCUT2D eigenvalue weighted by Gasteiger charge is -1.76. The van der Waals surface area contributed by atoms with E-state index in [0.717, 1.165) is 0 Å². The number of rotatable bonds is 3. The Balaban J connectivity index is 0. The molecule has 4 heteroatoms. The van der Waals surface area contributed by atoms with Gasteiger partial charge in [-0.15, -0.1) is 6.58 Å². The molecule has 0 aromatic rings. The zero-order valence-electron chi connectivity index (χ0n) is 4.82. The Morgan fingerprint density at radius 1 is 1.44 bits per heavy atom. The molecule has 0 aliphatic rings. The summed E-state index contributed by atoms with van der Waals surface area (Å²) in [6.07, 6.45) is 1.85. The maximum absolute atomic E-state index is 8.81. The zero-order chi connectivity index (χ0) is 7.54. The van der Waals surface area contributed by atoms with Crippen molar-refractivity contribution in [1.82, 2.24) is 0 Å². The lowest BCUT2D eigenvalue weighted by atomic mass is 10.7. The number of hydrogen-bond donors (Lipinski definition) is 1. The van der Waals surface area contributed by atoms with E-state index in [1.54, 1.807) is 0 Å². The van der Waals surface area contributed by atoms with Gasteiger partial charge in [0.1, 0.15) is 0 Å². The van der Waals surface area contributed by atoms with Crippen molar-refractivity contribution in [1.29, 1.82) is 0 Å². The van der Waals surface area contributed by atoms with Gasteiger partial charge in [-0.1, -0.05) is 6.08 Å². The zero-order valence-corrected chi connectivity index (χ0v) is 4.82. The molecule has 52 valence electrons. The van der Waals surface area contributed by atoms with Crippen LogP contribution in [0.25, 0.3) is 0 Å². The summed E-state index contributed by atoms with van der Waals surface area (Å²) >= 11 is 0. The van der Waals surface area contributed by atoms with Crippen LogP contribution in [-0.2, 0) is 14.5 Å². The third-order valence-corrected chi connectivity index (χ3v) is 0.248. The molecule has 0 bridgehead atoms. The van der Waals surface area contributed by atoms with Crippen LogP contribution in [0.15, 0.2) is 12.7 Å². The van der Waals surface area contributed by atoms with Crippen LogP contribution in [0.1, 0.15) is 0 Å². The quantitative estimate of drug-likeness (QED) is 0.194. The van der Waals surface area contributed by atoms with Gasteiger partial charge in [0, 0.05) is 0 Å². The lowest BCUT2D eigenvalue weighted by Crippen LogP contribution is -1.77. The SMILES string of the molecule is C=CCOO.O=CC=O. The maximum Gasteiger partial charge on any atom is 0.182 e. The molecule has 9 heavy (non-hydrogen) atoms. The average molecular weight is 132 g/mol. The summed E-state index contributed by atoms with van der Waals surface area (Å²) in [6, 6.07) is 0. The number of carbonyl (C=O) groups is 2. The van der Waals surface area contributed by atoms with E-state index in [4.69, 9.17) is 14.8 Å². The summed E-state index contributed by atoms with van der Waals surface area (Å²) in [7, 11) is 0. The van der Waals surface area contributed by atoms with Gasteiger partial charge in [-0.2, -0.15) is 0 Å². The number of carbonyl (C=O) groups excluding carboxylic acids is 2. The molecule has 0 radical (unpaired) electrons. The van der Waals surface area contributed by atoms with Gasteiger partial charge >= 0.3 is 0 Å². The lowest BCUT2D eigenvalue weighted by molar-refractivity contribution is -0.231. The van der Waals surface area contributed by atoms with E-state index in [9.17, 15) is 0 Å². The third-order valence-electron chi connectivity index (χ3n) is 0.248. The first-order valence-electron chi connectivity index (χ1n) is 2.09. The molecule has 0 rings (SSSR count). The second-order valence-corrected chi connectivity index (χ2v) is 0.857. The Hall–Kier alpha value is -1.00. The second-order valence-electron chi connectivity index (χ2n) is 0.857. The molecule has 0 saturated heterocycles. The molecule has 0 atom stereocenters. The Morgan fingerprint density at radius 3 is 1.89 bits per heavy atom. The van der Waals surface area contributed by atoms with Gasteiger partial charge in [0.2, 0.25) is 0 Å². The minimum absolute atomic E-state index is 0.194. The van der Waals surface area contributed by atoms with Crippen molar-refractivity contribution in [2.75, 3.05) is 6.61 Å². The molecular formula is C5H8O4. The van der Waals surface area contributed by atoms with Crippen LogP contribution in [0.5, 0.6) is 0 Å². The van der Waals surface area contributed by atoms with E-state index in [1.807, 2.05) is 0 Å². The van der Waals surface area contributed by atoms with Gasteiger partial charge < -0.3 is 0 Å². The average Bonchev–Trinajstić information content (AvgIpc) is 1.91. The van der Waals surface area contributed by atoms with Gasteiger partial charge in [-0.05, 0) is 0 Å². The molecule has 0 aliphatic heterocycles. The summed E-state index contributed by atoms with van der Waals surface area (Å²) in [6.45, 7) is 3.47. The topological polar surface area (TPSA) is 63.6 Å². The van der Waals surface area contributed by atoms with Crippen molar-refractivity contribution in [3.8, 4) is 0 Å². The number of aldehydes is 2. The van der Waals surface area contributed by atoms with Gasteiger partial charge in [-0.25, -0.2) is 4.89 Å². The van der Waals surface area contributed by atoms with Crippen molar-refractivity contribution in [3.05, 3.63) is 12.7 Å². The molecule has 0 aromatic carbocycles. The molecule has 0 aliphatic carbocycles. The highest BCUT2D eigenvalue weighted by atomic mass is 17.1. The molecule has 0 spiro atoms. The monoisotopic (exact) mass is 132 g/mol. The first-order valence-corrected chi connectivity index (χ1v) is 2.09. The van der Waals surface area contributed by atoms with E-state index < -0.39 is 0 Å². The van der Waals surface area contributed by atoms with E-state index in [-0.39, 0.29) is 19.2 Å². The highest BCUT2D eigenvalue weighted by molar-refractivity contribution is 6.09. The predicted octanol–water partition coefficient (Wildman–Crippen LogP) is 0.0462. The first-order chi connectivity index (χ1) is 4.33. The van der Waals surface area contributed by atoms with Gasteiger partial charge in [0.25, 0.3) is 0 Å². The van der Waals surface area contributed by atoms with Crippen LogP contribution in [0.3, 0.4) is 0 Å². The minimum atomic E-state index is 0.194. The smallest absolute Gasteiger partial charge is 0.182 e. The second kappa shape index (κ2) is 15.8. The molecule has 0 aromatic heterocycles. The van der Waals surface area contributed by atoms with Crippen molar-refractivity contribution in [3.63, 3.8) is 0 Å². The third kappa shape index (κ3) is 43.8. The summed E-state index contributed by atoms with van der Waals surface area (Å²) in [5.41, 5.74) is 0. The predicted molar refractivity (Wildman–Crippen MR) is 30.9 cm³/mol. The van der Waals surface area contributed by atoms with Gasteiger partial charge in [-0.3, -0.25) is 14.8 Å². The Labute approximate surface area is 52.7 Å². The standard InChI is InChI=1S/C3H6O2.C2H2O2/c1-2-3-5-4;3-1-2-4/h2,4H,1,3H2;1-2H. The summed E-state index contributed by atoms with van der Waals surface area (Å²) in [5.74, 6) is 0. The van der Waals surface area contributed by atoms with Crippen molar-refractivity contribution < 1.29 is 19.7 Å². The van der Waals surface area contributed by atoms with Crippen LogP contribution in [0.4, 0.5) is 0 Å². The molecule has 4 nitrogen and oxygen atoms in total. The highest BCUT2D eigenvalue weighted by Crippen LogP contribution is 1.60. The van der Waals surface area contributed by atoms with Crippen LogP contribution in [0.2, 0.25) is 0 Å². The van der Waals surface area contributed by atoms with Crippen LogP contribution < -0.4 is 0 Å². The van der Waals surface area contributed by atoms with E-state index in [2.05, 4.69) is 11.5 Å². The van der Waals surface area contributed by atoms with Crippen molar-refractivity contribution in [2.45, 2.75) is 0 Å². The van der Waals surface area contributed by atoms with Gasteiger partial charge in [0.15, 0.2) is 12.6 Å². The fraction of sp³-hybridized carbons (Fsp3) is 0.200. The van der Waals surface area contributed by atoms with Crippen LogP contribution in [-0.4, -0.2) is 24.4 Å². The summed E-state index contributed by atoms with van der Waals surface area (Å²) in [4.78, 5) is 21.2. The van der Waals surface area contributed by atoms with E-state index >= 15 is 0 Å². The Morgan fingerprint density at radius 2 is 1.89 bits per heavy atom. The van der Waals surface area contributed by atoms with Crippen molar-refractivity contribution >= 4 is 12.6 Å². The highest BCUT2D eigenvalue weighted by Gasteiger charge is 1.60. The minimum Gasteiger partial charge on any atom is -0.295 e. The van der Waals surface area contributed by atoms with Crippen LogP contribution in [0, 0.1) is 0 Å². The summed E-state index contributed by atoms with van der Waals surface area (Å²) < 4.78 is 0. The normalized spacial score (nSPS) is 6.33.